The highest BCUT2D eigenvalue weighted by Gasteiger charge is 2.39. The van der Waals surface area contributed by atoms with Gasteiger partial charge in [-0.2, -0.15) is 4.98 Å². The zero-order valence-corrected chi connectivity index (χ0v) is 16.2. The molecule has 0 aliphatic rings. The quantitative estimate of drug-likeness (QED) is 0.361. The molecule has 0 unspecified atom stereocenters. The van der Waals surface area contributed by atoms with Crippen molar-refractivity contribution in [2.24, 2.45) is 11.8 Å². The Bertz CT molecular complexity index is 894. The molecular formula is C17H25N5O6. The van der Waals surface area contributed by atoms with Crippen LogP contribution in [0.25, 0.3) is 11.2 Å². The number of esters is 2. The van der Waals surface area contributed by atoms with Crippen molar-refractivity contribution >= 4 is 29.1 Å². The van der Waals surface area contributed by atoms with Gasteiger partial charge in [0.05, 0.1) is 11.8 Å². The van der Waals surface area contributed by atoms with Crippen LogP contribution in [0.5, 0.6) is 0 Å². The number of nitrogen functional groups attached to an aromatic ring is 1. The highest BCUT2D eigenvalue weighted by Crippen LogP contribution is 2.24. The van der Waals surface area contributed by atoms with E-state index in [1.54, 1.807) is 27.7 Å². The molecule has 0 saturated carbocycles. The number of aryl methyl sites for hydroxylation is 1. The number of aromatic amines is 2. The number of aromatic nitrogens is 4. The molecule has 5 N–H and O–H groups in total. The van der Waals surface area contributed by atoms with Crippen molar-refractivity contribution in [3.05, 3.63) is 16.2 Å². The molecule has 0 radical (unpaired) electrons. The molecule has 2 heterocycles. The average molecular weight is 395 g/mol. The van der Waals surface area contributed by atoms with E-state index >= 15 is 0 Å². The molecule has 0 aromatic carbocycles. The standard InChI is InChI=1S/C17H25N5O6/c1-8(2)14(25)27-17(7-23,28-15(26)9(3)4)6-5-10-19-11-12(20-10)21-16(18)22-13(11)24/h8-9,23H,5-7H2,1-4H3,(H4,18,19,20,21,22,24). The minimum Gasteiger partial charge on any atom is -0.420 e. The van der Waals surface area contributed by atoms with E-state index in [2.05, 4.69) is 19.9 Å². The average Bonchev–Trinajstić information content (AvgIpc) is 3.02. The zero-order valence-electron chi connectivity index (χ0n) is 16.2. The van der Waals surface area contributed by atoms with Crippen molar-refractivity contribution in [1.82, 2.24) is 19.9 Å². The maximum atomic E-state index is 12.1. The molecule has 2 aromatic rings. The number of rotatable bonds is 8. The van der Waals surface area contributed by atoms with Gasteiger partial charge in [0.2, 0.25) is 5.95 Å². The van der Waals surface area contributed by atoms with Crippen LogP contribution in [0.1, 0.15) is 39.9 Å². The highest BCUT2D eigenvalue weighted by atomic mass is 16.7. The van der Waals surface area contributed by atoms with E-state index in [4.69, 9.17) is 15.2 Å². The van der Waals surface area contributed by atoms with Crippen molar-refractivity contribution in [2.75, 3.05) is 12.3 Å². The second-order valence-corrected chi connectivity index (χ2v) is 7.05. The number of H-pyrrole nitrogens is 2. The molecule has 11 heteroatoms. The normalized spacial score (nSPS) is 12.0. The molecule has 0 fully saturated rings. The number of aliphatic hydroxyl groups excluding tert-OH is 1. The number of carbonyl (C=O) groups is 2. The summed E-state index contributed by atoms with van der Waals surface area (Å²) < 4.78 is 10.7. The van der Waals surface area contributed by atoms with Crippen LogP contribution in [0.3, 0.4) is 0 Å². The molecule has 0 amide bonds. The number of fused-ring (bicyclic) bond motifs is 1. The topological polar surface area (TPSA) is 173 Å². The fourth-order valence-electron chi connectivity index (χ4n) is 2.27. The fourth-order valence-corrected chi connectivity index (χ4v) is 2.27. The lowest BCUT2D eigenvalue weighted by Gasteiger charge is -2.32. The SMILES string of the molecule is CC(C)C(=O)OC(CO)(CCc1nc2nc(N)[nH]c(=O)c2[nH]1)OC(=O)C(C)C. The maximum Gasteiger partial charge on any atom is 0.311 e. The number of anilines is 1. The first-order chi connectivity index (χ1) is 13.1. The van der Waals surface area contributed by atoms with E-state index in [1.165, 1.54) is 0 Å². The van der Waals surface area contributed by atoms with Crippen LogP contribution in [0.2, 0.25) is 0 Å². The van der Waals surface area contributed by atoms with Crippen molar-refractivity contribution < 1.29 is 24.2 Å². The molecule has 0 saturated heterocycles. The summed E-state index contributed by atoms with van der Waals surface area (Å²) in [7, 11) is 0. The Labute approximate surface area is 160 Å². The number of imidazole rings is 1. The second-order valence-electron chi connectivity index (χ2n) is 7.05. The molecule has 28 heavy (non-hydrogen) atoms. The Morgan fingerprint density at radius 1 is 1.11 bits per heavy atom. The summed E-state index contributed by atoms with van der Waals surface area (Å²) in [5, 5.41) is 9.87. The fraction of sp³-hybridized carbons (Fsp3) is 0.588. The monoisotopic (exact) mass is 395 g/mol. The van der Waals surface area contributed by atoms with E-state index < -0.39 is 41.7 Å². The van der Waals surface area contributed by atoms with Crippen LogP contribution >= 0.6 is 0 Å². The van der Waals surface area contributed by atoms with Gasteiger partial charge in [-0.25, -0.2) is 4.98 Å². The van der Waals surface area contributed by atoms with Crippen molar-refractivity contribution in [2.45, 2.75) is 46.3 Å². The largest absolute Gasteiger partial charge is 0.420 e. The predicted molar refractivity (Wildman–Crippen MR) is 98.9 cm³/mol. The van der Waals surface area contributed by atoms with Gasteiger partial charge in [-0.05, 0) is 0 Å². The first-order valence-corrected chi connectivity index (χ1v) is 8.88. The van der Waals surface area contributed by atoms with Gasteiger partial charge in [-0.1, -0.05) is 27.7 Å². The van der Waals surface area contributed by atoms with E-state index in [0.717, 1.165) is 0 Å². The third-order valence-corrected chi connectivity index (χ3v) is 3.93. The maximum absolute atomic E-state index is 12.1. The Balaban J connectivity index is 2.28. The van der Waals surface area contributed by atoms with Crippen LogP contribution in [-0.4, -0.2) is 49.4 Å². The van der Waals surface area contributed by atoms with E-state index in [9.17, 15) is 19.5 Å². The van der Waals surface area contributed by atoms with Gasteiger partial charge in [0.1, 0.15) is 12.4 Å². The Hall–Kier alpha value is -2.95. The first kappa shape index (κ1) is 21.4. The number of hydrogen-bond donors (Lipinski definition) is 4. The molecule has 0 atom stereocenters. The third-order valence-electron chi connectivity index (χ3n) is 3.93. The Morgan fingerprint density at radius 3 is 2.18 bits per heavy atom. The lowest BCUT2D eigenvalue weighted by Crippen LogP contribution is -2.45. The van der Waals surface area contributed by atoms with Gasteiger partial charge < -0.3 is 25.3 Å². The molecule has 11 nitrogen and oxygen atoms in total. The van der Waals surface area contributed by atoms with Gasteiger partial charge in [0, 0.05) is 12.8 Å². The van der Waals surface area contributed by atoms with Crippen LogP contribution in [0.4, 0.5) is 5.95 Å². The molecule has 0 spiro atoms. The third kappa shape index (κ3) is 4.85. The van der Waals surface area contributed by atoms with Crippen LogP contribution in [-0.2, 0) is 25.5 Å². The molecule has 2 rings (SSSR count). The van der Waals surface area contributed by atoms with E-state index in [-0.39, 0.29) is 30.0 Å². The molecule has 0 aliphatic carbocycles. The predicted octanol–water partition coefficient (Wildman–Crippen LogP) is 0.248. The van der Waals surface area contributed by atoms with Gasteiger partial charge >= 0.3 is 11.9 Å². The summed E-state index contributed by atoms with van der Waals surface area (Å²) in [6.45, 7) is 5.76. The summed E-state index contributed by atoms with van der Waals surface area (Å²) >= 11 is 0. The minimum atomic E-state index is -1.86. The Kier molecular flexibility index (Phi) is 6.39. The summed E-state index contributed by atoms with van der Waals surface area (Å²) in [4.78, 5) is 49.3. The minimum absolute atomic E-state index is 0.0722. The van der Waals surface area contributed by atoms with Crippen LogP contribution in [0.15, 0.2) is 4.79 Å². The lowest BCUT2D eigenvalue weighted by molar-refractivity contribution is -0.246. The van der Waals surface area contributed by atoms with Gasteiger partial charge in [-0.15, -0.1) is 0 Å². The van der Waals surface area contributed by atoms with Gasteiger partial charge in [0.15, 0.2) is 11.2 Å². The zero-order chi connectivity index (χ0) is 21.1. The van der Waals surface area contributed by atoms with E-state index in [1.807, 2.05) is 0 Å². The number of nitrogens with zero attached hydrogens (tertiary/aromatic N) is 2. The highest BCUT2D eigenvalue weighted by molar-refractivity contribution is 5.74. The molecular weight excluding hydrogens is 370 g/mol. The Morgan fingerprint density at radius 2 is 1.68 bits per heavy atom. The lowest BCUT2D eigenvalue weighted by atomic mass is 10.1. The number of aliphatic hydroxyl groups is 1. The smallest absolute Gasteiger partial charge is 0.311 e. The molecule has 0 bridgehead atoms. The van der Waals surface area contributed by atoms with Gasteiger partial charge in [-0.3, -0.25) is 19.4 Å². The molecule has 154 valence electrons. The number of ether oxygens (including phenoxy) is 2. The van der Waals surface area contributed by atoms with Crippen molar-refractivity contribution in [3.8, 4) is 0 Å². The number of nitrogens with two attached hydrogens (primary N) is 1. The summed E-state index contributed by atoms with van der Waals surface area (Å²) in [5.41, 5.74) is 5.28. The summed E-state index contributed by atoms with van der Waals surface area (Å²) in [6.07, 6.45) is 0.0284. The van der Waals surface area contributed by atoms with Gasteiger partial charge in [0.25, 0.3) is 11.3 Å². The molecule has 2 aromatic heterocycles. The number of nitrogens with one attached hydrogen (secondary N) is 2. The number of carbonyl (C=O) groups excluding carboxylic acids is 2. The second kappa shape index (κ2) is 8.38. The van der Waals surface area contributed by atoms with Crippen LogP contribution < -0.4 is 11.3 Å². The number of hydrogen-bond acceptors (Lipinski definition) is 9. The first-order valence-electron chi connectivity index (χ1n) is 8.88. The summed E-state index contributed by atoms with van der Waals surface area (Å²) in [6, 6.07) is 0. The van der Waals surface area contributed by atoms with E-state index in [0.29, 0.717) is 5.82 Å². The van der Waals surface area contributed by atoms with Crippen LogP contribution in [0, 0.1) is 11.8 Å². The van der Waals surface area contributed by atoms with Crippen molar-refractivity contribution in [3.63, 3.8) is 0 Å². The van der Waals surface area contributed by atoms with Crippen molar-refractivity contribution in [1.29, 1.82) is 0 Å². The molecule has 0 aliphatic heterocycles. The summed E-state index contributed by atoms with van der Waals surface area (Å²) in [5.74, 6) is -3.82.